The molecule has 0 spiro atoms. The monoisotopic (exact) mass is 299 g/mol. The average molecular weight is 300 g/mol. The second kappa shape index (κ2) is 5.01. The molecule has 0 atom stereocenters. The first-order valence-corrected chi connectivity index (χ1v) is 6.86. The number of nitrogens with one attached hydrogen (secondary N) is 1. The van der Waals surface area contributed by atoms with Crippen molar-refractivity contribution in [2.45, 2.75) is 19.9 Å². The van der Waals surface area contributed by atoms with Gasteiger partial charge in [-0.05, 0) is 33.8 Å². The van der Waals surface area contributed by atoms with Crippen LogP contribution >= 0.6 is 27.3 Å². The van der Waals surface area contributed by atoms with E-state index >= 15 is 0 Å². The van der Waals surface area contributed by atoms with Gasteiger partial charge < -0.3 is 5.32 Å². The Balaban J connectivity index is 2.07. The van der Waals surface area contributed by atoms with Gasteiger partial charge in [0.25, 0.3) is 0 Å². The number of aryl methyl sites for hydroxylation is 2. The minimum absolute atomic E-state index is 0.844. The van der Waals surface area contributed by atoms with Gasteiger partial charge in [0.05, 0.1) is 17.9 Å². The topological polar surface area (TPSA) is 29.9 Å². The molecule has 0 aliphatic rings. The molecule has 86 valence electrons. The van der Waals surface area contributed by atoms with Crippen molar-refractivity contribution in [2.24, 2.45) is 7.05 Å². The van der Waals surface area contributed by atoms with E-state index in [1.54, 1.807) is 11.3 Å². The fourth-order valence-electron chi connectivity index (χ4n) is 1.57. The Morgan fingerprint density at radius 2 is 2.38 bits per heavy atom. The van der Waals surface area contributed by atoms with Gasteiger partial charge in [0.1, 0.15) is 0 Å². The first-order valence-electron chi connectivity index (χ1n) is 5.19. The molecule has 0 saturated carbocycles. The maximum absolute atomic E-state index is 4.40. The maximum atomic E-state index is 4.40. The van der Waals surface area contributed by atoms with Crippen LogP contribution in [-0.4, -0.2) is 9.78 Å². The van der Waals surface area contributed by atoms with Crippen molar-refractivity contribution >= 4 is 33.0 Å². The number of rotatable bonds is 4. The lowest BCUT2D eigenvalue weighted by Gasteiger charge is -2.03. The van der Waals surface area contributed by atoms with Crippen molar-refractivity contribution in [3.63, 3.8) is 0 Å². The second-order valence-corrected chi connectivity index (χ2v) is 5.42. The molecule has 0 unspecified atom stereocenters. The Hall–Kier alpha value is -0.810. The van der Waals surface area contributed by atoms with E-state index in [-0.39, 0.29) is 0 Å². The third kappa shape index (κ3) is 2.47. The molecule has 0 bridgehead atoms. The number of aromatic nitrogens is 2. The van der Waals surface area contributed by atoms with Crippen LogP contribution in [0, 0.1) is 0 Å². The summed E-state index contributed by atoms with van der Waals surface area (Å²) in [6, 6.07) is 2.08. The van der Waals surface area contributed by atoms with Gasteiger partial charge in [0, 0.05) is 22.6 Å². The molecular formula is C11H14BrN3S. The Bertz CT molecular complexity index is 475. The van der Waals surface area contributed by atoms with E-state index in [9.17, 15) is 0 Å². The van der Waals surface area contributed by atoms with Crippen molar-refractivity contribution in [3.05, 3.63) is 32.7 Å². The molecule has 0 radical (unpaired) electrons. The van der Waals surface area contributed by atoms with Crippen LogP contribution in [0.5, 0.6) is 0 Å². The minimum atomic E-state index is 0.844. The lowest BCUT2D eigenvalue weighted by atomic mass is 10.3. The third-order valence-electron chi connectivity index (χ3n) is 2.37. The van der Waals surface area contributed by atoms with Gasteiger partial charge in [-0.15, -0.1) is 11.3 Å². The lowest BCUT2D eigenvalue weighted by molar-refractivity contribution is 0.746. The molecule has 0 saturated heterocycles. The summed E-state index contributed by atoms with van der Waals surface area (Å²) in [6.07, 6.45) is 2.98. The van der Waals surface area contributed by atoms with E-state index in [1.807, 2.05) is 17.9 Å². The highest BCUT2D eigenvalue weighted by Crippen LogP contribution is 2.24. The van der Waals surface area contributed by atoms with Crippen molar-refractivity contribution in [3.8, 4) is 0 Å². The SMILES string of the molecule is CCc1nn(C)cc1NCc1sccc1Br. The summed E-state index contributed by atoms with van der Waals surface area (Å²) in [6.45, 7) is 2.96. The Morgan fingerprint density at radius 3 is 3.00 bits per heavy atom. The quantitative estimate of drug-likeness (QED) is 0.937. The smallest absolute Gasteiger partial charge is 0.0853 e. The molecular weight excluding hydrogens is 286 g/mol. The van der Waals surface area contributed by atoms with E-state index in [2.05, 4.69) is 44.7 Å². The first kappa shape index (κ1) is 11.7. The summed E-state index contributed by atoms with van der Waals surface area (Å²) >= 11 is 5.28. The molecule has 0 fully saturated rings. The van der Waals surface area contributed by atoms with Crippen LogP contribution in [0.15, 0.2) is 22.1 Å². The van der Waals surface area contributed by atoms with Crippen LogP contribution < -0.4 is 5.32 Å². The van der Waals surface area contributed by atoms with Crippen LogP contribution in [0.1, 0.15) is 17.5 Å². The molecule has 1 N–H and O–H groups in total. The average Bonchev–Trinajstić information content (AvgIpc) is 2.81. The maximum Gasteiger partial charge on any atom is 0.0853 e. The van der Waals surface area contributed by atoms with Crippen LogP contribution in [0.2, 0.25) is 0 Å². The number of nitrogens with zero attached hydrogens (tertiary/aromatic N) is 2. The van der Waals surface area contributed by atoms with Crippen molar-refractivity contribution in [1.82, 2.24) is 9.78 Å². The Morgan fingerprint density at radius 1 is 1.56 bits per heavy atom. The molecule has 2 aromatic heterocycles. The summed E-state index contributed by atoms with van der Waals surface area (Å²) in [5, 5.41) is 9.91. The zero-order valence-electron chi connectivity index (χ0n) is 9.33. The van der Waals surface area contributed by atoms with Gasteiger partial charge in [-0.1, -0.05) is 6.92 Å². The number of thiophene rings is 1. The second-order valence-electron chi connectivity index (χ2n) is 3.56. The molecule has 3 nitrogen and oxygen atoms in total. The fraction of sp³-hybridized carbons (Fsp3) is 0.364. The largest absolute Gasteiger partial charge is 0.377 e. The van der Waals surface area contributed by atoms with E-state index in [4.69, 9.17) is 0 Å². The molecule has 0 aromatic carbocycles. The normalized spacial score (nSPS) is 10.7. The zero-order chi connectivity index (χ0) is 11.5. The van der Waals surface area contributed by atoms with Crippen molar-refractivity contribution < 1.29 is 0 Å². The minimum Gasteiger partial charge on any atom is -0.377 e. The highest BCUT2D eigenvalue weighted by molar-refractivity contribution is 9.10. The first-order chi connectivity index (χ1) is 7.70. The van der Waals surface area contributed by atoms with Gasteiger partial charge in [-0.3, -0.25) is 4.68 Å². The number of hydrogen-bond acceptors (Lipinski definition) is 3. The summed E-state index contributed by atoms with van der Waals surface area (Å²) in [5.41, 5.74) is 2.25. The summed E-state index contributed by atoms with van der Waals surface area (Å²) in [5.74, 6) is 0. The van der Waals surface area contributed by atoms with Crippen LogP contribution in [0.4, 0.5) is 5.69 Å². The summed E-state index contributed by atoms with van der Waals surface area (Å²) < 4.78 is 3.02. The van der Waals surface area contributed by atoms with E-state index in [1.165, 1.54) is 9.35 Å². The lowest BCUT2D eigenvalue weighted by Crippen LogP contribution is -1.99. The molecule has 2 aromatic rings. The third-order valence-corrected chi connectivity index (χ3v) is 4.30. The molecule has 2 heterocycles. The van der Waals surface area contributed by atoms with Gasteiger partial charge >= 0.3 is 0 Å². The van der Waals surface area contributed by atoms with Gasteiger partial charge in [-0.2, -0.15) is 5.10 Å². The highest BCUT2D eigenvalue weighted by Gasteiger charge is 2.06. The van der Waals surface area contributed by atoms with Gasteiger partial charge in [0.15, 0.2) is 0 Å². The molecule has 2 rings (SSSR count). The van der Waals surface area contributed by atoms with E-state index in [0.29, 0.717) is 0 Å². The zero-order valence-corrected chi connectivity index (χ0v) is 11.7. The van der Waals surface area contributed by atoms with Crippen molar-refractivity contribution in [1.29, 1.82) is 0 Å². The number of halogens is 1. The number of hydrogen-bond donors (Lipinski definition) is 1. The fourth-order valence-corrected chi connectivity index (χ4v) is 3.00. The highest BCUT2D eigenvalue weighted by atomic mass is 79.9. The van der Waals surface area contributed by atoms with E-state index in [0.717, 1.165) is 24.3 Å². The molecule has 0 aliphatic carbocycles. The van der Waals surface area contributed by atoms with Gasteiger partial charge in [-0.25, -0.2) is 0 Å². The summed E-state index contributed by atoms with van der Waals surface area (Å²) in [4.78, 5) is 1.31. The predicted molar refractivity (Wildman–Crippen MR) is 71.9 cm³/mol. The van der Waals surface area contributed by atoms with Gasteiger partial charge in [0.2, 0.25) is 0 Å². The van der Waals surface area contributed by atoms with Crippen LogP contribution in [0.25, 0.3) is 0 Å². The molecule has 0 aliphatic heterocycles. The van der Waals surface area contributed by atoms with Crippen LogP contribution in [-0.2, 0) is 20.0 Å². The Labute approximate surface area is 108 Å². The van der Waals surface area contributed by atoms with Crippen LogP contribution in [0.3, 0.4) is 0 Å². The Kier molecular flexibility index (Phi) is 3.66. The standard InChI is InChI=1S/C11H14BrN3S/c1-3-9-10(7-15(2)14-9)13-6-11-8(12)4-5-16-11/h4-5,7,13H,3,6H2,1-2H3. The molecule has 16 heavy (non-hydrogen) atoms. The number of anilines is 1. The van der Waals surface area contributed by atoms with E-state index < -0.39 is 0 Å². The summed E-state index contributed by atoms with van der Waals surface area (Å²) in [7, 11) is 1.95. The molecule has 0 amide bonds. The predicted octanol–water partition coefficient (Wildman–Crippen LogP) is 3.42. The molecule has 5 heteroatoms. The van der Waals surface area contributed by atoms with Crippen molar-refractivity contribution in [2.75, 3.05) is 5.32 Å².